The zero-order chi connectivity index (χ0) is 16.6. The summed E-state index contributed by atoms with van der Waals surface area (Å²) in [6, 6.07) is 14.3. The quantitative estimate of drug-likeness (QED) is 0.728. The summed E-state index contributed by atoms with van der Waals surface area (Å²) in [4.78, 5) is 4.79. The summed E-state index contributed by atoms with van der Waals surface area (Å²) in [7, 11) is 0. The lowest BCUT2D eigenvalue weighted by Crippen LogP contribution is -2.46. The molecule has 0 saturated carbocycles. The van der Waals surface area contributed by atoms with Crippen LogP contribution in [0.4, 0.5) is 5.69 Å². The molecule has 2 aromatic carbocycles. The highest BCUT2D eigenvalue weighted by atomic mass is 16.7. The van der Waals surface area contributed by atoms with Gasteiger partial charge in [0.1, 0.15) is 5.52 Å². The molecule has 0 unspecified atom stereocenters. The molecule has 1 fully saturated rings. The molecule has 0 spiro atoms. The minimum atomic E-state index is 0.318. The van der Waals surface area contributed by atoms with Gasteiger partial charge in [-0.25, -0.2) is 4.68 Å². The smallest absolute Gasteiger partial charge is 0.231 e. The Bertz CT molecular complexity index is 901. The fraction of sp³-hybridized carbons (Fsp3) is 0.333. The van der Waals surface area contributed by atoms with Crippen LogP contribution < -0.4 is 14.4 Å². The topological polar surface area (TPSA) is 55.7 Å². The molecule has 1 aromatic heterocycles. The van der Waals surface area contributed by atoms with Crippen LogP contribution in [0.1, 0.15) is 0 Å². The van der Waals surface area contributed by atoms with Gasteiger partial charge in [-0.15, -0.1) is 5.10 Å². The third-order valence-electron chi connectivity index (χ3n) is 4.85. The summed E-state index contributed by atoms with van der Waals surface area (Å²) in [5.74, 6) is 1.68. The van der Waals surface area contributed by atoms with Crippen LogP contribution >= 0.6 is 0 Å². The van der Waals surface area contributed by atoms with Crippen molar-refractivity contribution >= 4 is 16.7 Å². The normalized spacial score (nSPS) is 17.4. The Labute approximate surface area is 145 Å². The van der Waals surface area contributed by atoms with Crippen LogP contribution in [-0.2, 0) is 6.67 Å². The molecular weight excluding hydrogens is 318 g/mol. The lowest BCUT2D eigenvalue weighted by molar-refractivity contribution is 0.174. The van der Waals surface area contributed by atoms with Crippen LogP contribution in [0.5, 0.6) is 11.5 Å². The highest BCUT2D eigenvalue weighted by Crippen LogP contribution is 2.35. The lowest BCUT2D eigenvalue weighted by atomic mass is 10.2. The third-order valence-corrected chi connectivity index (χ3v) is 4.85. The molecule has 0 aliphatic carbocycles. The lowest BCUT2D eigenvalue weighted by Gasteiger charge is -2.35. The summed E-state index contributed by atoms with van der Waals surface area (Å²) in [5, 5.41) is 8.52. The maximum absolute atomic E-state index is 5.48. The first-order valence-corrected chi connectivity index (χ1v) is 8.52. The predicted octanol–water partition coefficient (Wildman–Crippen LogP) is 1.94. The van der Waals surface area contributed by atoms with Crippen LogP contribution in [0.15, 0.2) is 42.5 Å². The maximum Gasteiger partial charge on any atom is 0.231 e. The second-order valence-corrected chi connectivity index (χ2v) is 6.36. The number of hydrogen-bond acceptors (Lipinski definition) is 6. The molecule has 0 atom stereocenters. The number of piperazine rings is 1. The van der Waals surface area contributed by atoms with Gasteiger partial charge in [0, 0.05) is 37.9 Å². The van der Waals surface area contributed by atoms with E-state index in [9.17, 15) is 0 Å². The van der Waals surface area contributed by atoms with Crippen LogP contribution in [0.25, 0.3) is 11.0 Å². The average molecular weight is 337 g/mol. The van der Waals surface area contributed by atoms with Gasteiger partial charge in [-0.3, -0.25) is 4.90 Å². The van der Waals surface area contributed by atoms with Crippen molar-refractivity contribution in [2.24, 2.45) is 0 Å². The summed E-state index contributed by atoms with van der Waals surface area (Å²) < 4.78 is 12.8. The Balaban J connectivity index is 1.25. The SMILES string of the molecule is c1ccc2c(c1)nnn2CN1CCN(c2ccc3c(c2)OCO3)CC1. The van der Waals surface area contributed by atoms with Gasteiger partial charge < -0.3 is 14.4 Å². The van der Waals surface area contributed by atoms with E-state index in [-0.39, 0.29) is 0 Å². The summed E-state index contributed by atoms with van der Waals surface area (Å²) in [5.41, 5.74) is 3.22. The molecule has 0 bridgehead atoms. The van der Waals surface area contributed by atoms with Gasteiger partial charge in [0.15, 0.2) is 11.5 Å². The molecule has 3 aromatic rings. The summed E-state index contributed by atoms with van der Waals surface area (Å²) >= 11 is 0. The number of rotatable bonds is 3. The predicted molar refractivity (Wildman–Crippen MR) is 93.9 cm³/mol. The number of para-hydroxylation sites is 1. The van der Waals surface area contributed by atoms with Crippen LogP contribution in [0.2, 0.25) is 0 Å². The zero-order valence-electron chi connectivity index (χ0n) is 13.8. The summed E-state index contributed by atoms with van der Waals surface area (Å²) in [6.45, 7) is 5.03. The molecule has 7 heteroatoms. The third kappa shape index (κ3) is 2.66. The van der Waals surface area contributed by atoms with Crippen molar-refractivity contribution in [1.29, 1.82) is 0 Å². The second-order valence-electron chi connectivity index (χ2n) is 6.36. The minimum absolute atomic E-state index is 0.318. The van der Waals surface area contributed by atoms with Crippen LogP contribution in [0.3, 0.4) is 0 Å². The highest BCUT2D eigenvalue weighted by Gasteiger charge is 2.21. The highest BCUT2D eigenvalue weighted by molar-refractivity contribution is 5.73. The number of ether oxygens (including phenoxy) is 2. The molecule has 25 heavy (non-hydrogen) atoms. The molecule has 5 rings (SSSR count). The van der Waals surface area contributed by atoms with E-state index >= 15 is 0 Å². The second kappa shape index (κ2) is 5.93. The van der Waals surface area contributed by atoms with Crippen molar-refractivity contribution in [3.05, 3.63) is 42.5 Å². The Kier molecular flexibility index (Phi) is 3.45. The standard InChI is InChI=1S/C18H19N5O2/c1-2-4-16-15(3-1)19-20-23(16)12-21-7-9-22(10-8-21)14-5-6-17-18(11-14)25-13-24-17/h1-6,11H,7-10,12-13H2. The fourth-order valence-electron chi connectivity index (χ4n) is 3.44. The molecule has 7 nitrogen and oxygen atoms in total. The first kappa shape index (κ1) is 14.5. The van der Waals surface area contributed by atoms with Gasteiger partial charge in [0.2, 0.25) is 6.79 Å². The van der Waals surface area contributed by atoms with E-state index in [4.69, 9.17) is 9.47 Å². The van der Waals surface area contributed by atoms with Gasteiger partial charge >= 0.3 is 0 Å². The molecule has 0 N–H and O–H groups in total. The van der Waals surface area contributed by atoms with Crippen molar-refractivity contribution in [3.63, 3.8) is 0 Å². The van der Waals surface area contributed by atoms with Crippen molar-refractivity contribution < 1.29 is 9.47 Å². The van der Waals surface area contributed by atoms with Gasteiger partial charge in [0.05, 0.1) is 12.2 Å². The van der Waals surface area contributed by atoms with Crippen molar-refractivity contribution in [2.45, 2.75) is 6.67 Å². The first-order valence-electron chi connectivity index (χ1n) is 8.52. The van der Waals surface area contributed by atoms with E-state index < -0.39 is 0 Å². The molecule has 0 radical (unpaired) electrons. The molecule has 3 heterocycles. The van der Waals surface area contributed by atoms with E-state index in [1.807, 2.05) is 28.9 Å². The number of hydrogen-bond donors (Lipinski definition) is 0. The van der Waals surface area contributed by atoms with Crippen LogP contribution in [0, 0.1) is 0 Å². The number of nitrogens with zero attached hydrogens (tertiary/aromatic N) is 5. The van der Waals surface area contributed by atoms with Gasteiger partial charge in [-0.05, 0) is 24.3 Å². The van der Waals surface area contributed by atoms with Gasteiger partial charge in [0.25, 0.3) is 0 Å². The minimum Gasteiger partial charge on any atom is -0.454 e. The fourth-order valence-corrected chi connectivity index (χ4v) is 3.44. The molecule has 2 aliphatic rings. The van der Waals surface area contributed by atoms with E-state index in [0.717, 1.165) is 55.4 Å². The van der Waals surface area contributed by atoms with Gasteiger partial charge in [-0.1, -0.05) is 17.3 Å². The van der Waals surface area contributed by atoms with Crippen molar-refractivity contribution in [2.75, 3.05) is 37.9 Å². The molecule has 2 aliphatic heterocycles. The average Bonchev–Trinajstić information content (AvgIpc) is 3.29. The Morgan fingerprint density at radius 3 is 2.68 bits per heavy atom. The van der Waals surface area contributed by atoms with Gasteiger partial charge in [-0.2, -0.15) is 0 Å². The number of fused-ring (bicyclic) bond motifs is 2. The summed E-state index contributed by atoms with van der Waals surface area (Å²) in [6.07, 6.45) is 0. The monoisotopic (exact) mass is 337 g/mol. The number of benzene rings is 2. The van der Waals surface area contributed by atoms with Crippen molar-refractivity contribution in [1.82, 2.24) is 19.9 Å². The largest absolute Gasteiger partial charge is 0.454 e. The van der Waals surface area contributed by atoms with Crippen molar-refractivity contribution in [3.8, 4) is 11.5 Å². The first-order chi connectivity index (χ1) is 12.4. The Morgan fingerprint density at radius 2 is 1.76 bits per heavy atom. The van der Waals surface area contributed by atoms with E-state index in [2.05, 4.69) is 38.3 Å². The molecule has 128 valence electrons. The van der Waals surface area contributed by atoms with E-state index in [1.54, 1.807) is 0 Å². The number of anilines is 1. The number of aromatic nitrogens is 3. The molecule has 1 saturated heterocycles. The zero-order valence-corrected chi connectivity index (χ0v) is 13.8. The van der Waals surface area contributed by atoms with Crippen LogP contribution in [-0.4, -0.2) is 52.9 Å². The Hall–Kier alpha value is -2.80. The van der Waals surface area contributed by atoms with E-state index in [1.165, 1.54) is 5.69 Å². The molecule has 0 amide bonds. The Morgan fingerprint density at radius 1 is 0.920 bits per heavy atom. The molecular formula is C18H19N5O2. The maximum atomic E-state index is 5.48. The van der Waals surface area contributed by atoms with E-state index in [0.29, 0.717) is 6.79 Å².